The van der Waals surface area contributed by atoms with Crippen LogP contribution in [-0.4, -0.2) is 27.0 Å². The van der Waals surface area contributed by atoms with Gasteiger partial charge in [0.25, 0.3) is 0 Å². The van der Waals surface area contributed by atoms with Crippen LogP contribution in [-0.2, 0) is 9.59 Å². The molecule has 1 aromatic carbocycles. The summed E-state index contributed by atoms with van der Waals surface area (Å²) in [6.45, 7) is 4.93. The minimum atomic E-state index is -1.10. The molecule has 0 bridgehead atoms. The third-order valence-electron chi connectivity index (χ3n) is 3.40. The Labute approximate surface area is 134 Å². The van der Waals surface area contributed by atoms with Gasteiger partial charge in [-0.15, -0.1) is 0 Å². The van der Waals surface area contributed by atoms with Crippen molar-refractivity contribution in [3.05, 3.63) is 42.2 Å². The number of carboxylic acid groups (broad SMARTS) is 1. The number of carbonyl (C=O) groups excluding carboxylic acids is 1. The van der Waals surface area contributed by atoms with E-state index >= 15 is 0 Å². The summed E-state index contributed by atoms with van der Waals surface area (Å²) in [5, 5.41) is 11.7. The van der Waals surface area contributed by atoms with E-state index in [-0.39, 0.29) is 12.3 Å². The van der Waals surface area contributed by atoms with Crippen molar-refractivity contribution >= 4 is 17.6 Å². The summed E-state index contributed by atoms with van der Waals surface area (Å²) in [5.74, 6) is -0.716. The van der Waals surface area contributed by atoms with Crippen molar-refractivity contribution in [2.75, 3.05) is 5.32 Å². The summed E-state index contributed by atoms with van der Waals surface area (Å²) in [6.07, 6.45) is 1.60. The van der Waals surface area contributed by atoms with Crippen LogP contribution >= 0.6 is 0 Å². The van der Waals surface area contributed by atoms with Crippen LogP contribution in [0.1, 0.15) is 26.0 Å². The van der Waals surface area contributed by atoms with Crippen molar-refractivity contribution in [3.63, 3.8) is 0 Å². The van der Waals surface area contributed by atoms with Crippen molar-refractivity contribution in [2.24, 2.45) is 5.41 Å². The molecule has 1 heterocycles. The van der Waals surface area contributed by atoms with Crippen LogP contribution in [0.2, 0.25) is 0 Å². The molecule has 1 aromatic heterocycles. The van der Waals surface area contributed by atoms with Crippen LogP contribution in [0.15, 0.2) is 36.5 Å². The number of hydrogen-bond donors (Lipinski definition) is 2. The lowest BCUT2D eigenvalue weighted by Crippen LogP contribution is -2.29. The number of hydrogen-bond acceptors (Lipinski definition) is 4. The SMILES string of the molecule is Cc1ccnc(-c2ccc(NC(=O)CC(C)(C)C(=O)O)cc2)n1. The van der Waals surface area contributed by atoms with Gasteiger partial charge in [0.2, 0.25) is 5.91 Å². The summed E-state index contributed by atoms with van der Waals surface area (Å²) in [5.41, 5.74) is 1.23. The Bertz CT molecular complexity index is 724. The van der Waals surface area contributed by atoms with Gasteiger partial charge in [-0.3, -0.25) is 9.59 Å². The monoisotopic (exact) mass is 313 g/mol. The number of nitrogens with zero attached hydrogens (tertiary/aromatic N) is 2. The smallest absolute Gasteiger partial charge is 0.309 e. The molecule has 0 aliphatic carbocycles. The normalized spacial score (nSPS) is 11.1. The molecule has 2 aromatic rings. The van der Waals surface area contributed by atoms with Crippen LogP contribution in [0.3, 0.4) is 0 Å². The number of anilines is 1. The lowest BCUT2D eigenvalue weighted by molar-refractivity contribution is -0.148. The molecule has 0 aliphatic heterocycles. The highest BCUT2D eigenvalue weighted by molar-refractivity contribution is 5.94. The maximum absolute atomic E-state index is 11.9. The minimum Gasteiger partial charge on any atom is -0.481 e. The number of aliphatic carboxylic acids is 1. The zero-order valence-corrected chi connectivity index (χ0v) is 13.3. The third kappa shape index (κ3) is 4.35. The molecule has 2 N–H and O–H groups in total. The van der Waals surface area contributed by atoms with E-state index in [2.05, 4.69) is 15.3 Å². The number of rotatable bonds is 5. The number of aromatic nitrogens is 2. The zero-order chi connectivity index (χ0) is 17.0. The number of amides is 1. The van der Waals surface area contributed by atoms with E-state index in [1.807, 2.05) is 25.1 Å². The number of nitrogens with one attached hydrogen (secondary N) is 1. The first-order valence-corrected chi connectivity index (χ1v) is 7.21. The van der Waals surface area contributed by atoms with Crippen LogP contribution in [0.4, 0.5) is 5.69 Å². The summed E-state index contributed by atoms with van der Waals surface area (Å²) in [7, 11) is 0. The fourth-order valence-electron chi connectivity index (χ4n) is 1.97. The molecule has 0 radical (unpaired) electrons. The first kappa shape index (κ1) is 16.6. The molecule has 0 unspecified atom stereocenters. The van der Waals surface area contributed by atoms with Gasteiger partial charge in [-0.2, -0.15) is 0 Å². The molecule has 120 valence electrons. The van der Waals surface area contributed by atoms with Gasteiger partial charge in [0, 0.05) is 29.6 Å². The molecule has 1 amide bonds. The summed E-state index contributed by atoms with van der Waals surface area (Å²) >= 11 is 0. The van der Waals surface area contributed by atoms with Gasteiger partial charge < -0.3 is 10.4 Å². The standard InChI is InChI=1S/C17H19N3O3/c1-11-8-9-18-15(19-11)12-4-6-13(7-5-12)20-14(21)10-17(2,3)16(22)23/h4-9H,10H2,1-3H3,(H,20,21)(H,22,23). The molecular weight excluding hydrogens is 294 g/mol. The van der Waals surface area contributed by atoms with Gasteiger partial charge in [-0.05, 0) is 51.1 Å². The van der Waals surface area contributed by atoms with Gasteiger partial charge in [0.15, 0.2) is 5.82 Å². The Hall–Kier alpha value is -2.76. The molecule has 2 rings (SSSR count). The molecule has 23 heavy (non-hydrogen) atoms. The maximum atomic E-state index is 11.9. The first-order chi connectivity index (χ1) is 10.8. The van der Waals surface area contributed by atoms with Gasteiger partial charge in [0.05, 0.1) is 5.41 Å². The van der Waals surface area contributed by atoms with Crippen molar-refractivity contribution in [2.45, 2.75) is 27.2 Å². The average molecular weight is 313 g/mol. The van der Waals surface area contributed by atoms with Gasteiger partial charge in [0.1, 0.15) is 0 Å². The van der Waals surface area contributed by atoms with Gasteiger partial charge in [-0.1, -0.05) is 0 Å². The highest BCUT2D eigenvalue weighted by Gasteiger charge is 2.30. The van der Waals surface area contributed by atoms with Crippen molar-refractivity contribution in [3.8, 4) is 11.4 Å². The maximum Gasteiger partial charge on any atom is 0.309 e. The van der Waals surface area contributed by atoms with Crippen molar-refractivity contribution in [1.29, 1.82) is 0 Å². The molecule has 0 saturated heterocycles. The Kier molecular flexibility index (Phi) is 4.74. The predicted octanol–water partition coefficient (Wildman–Crippen LogP) is 2.89. The molecule has 0 atom stereocenters. The molecule has 0 aliphatic rings. The lowest BCUT2D eigenvalue weighted by Gasteiger charge is -2.18. The first-order valence-electron chi connectivity index (χ1n) is 7.21. The second-order valence-electron chi connectivity index (χ2n) is 6.01. The van der Waals surface area contributed by atoms with Crippen LogP contribution in [0.25, 0.3) is 11.4 Å². The molecule has 0 fully saturated rings. The predicted molar refractivity (Wildman–Crippen MR) is 86.9 cm³/mol. The minimum absolute atomic E-state index is 0.0922. The van der Waals surface area contributed by atoms with Crippen molar-refractivity contribution in [1.82, 2.24) is 9.97 Å². The van der Waals surface area contributed by atoms with E-state index in [1.165, 1.54) is 13.8 Å². The second kappa shape index (κ2) is 6.56. The largest absolute Gasteiger partial charge is 0.481 e. The average Bonchev–Trinajstić information content (AvgIpc) is 2.47. The number of carboxylic acids is 1. The van der Waals surface area contributed by atoms with Crippen molar-refractivity contribution < 1.29 is 14.7 Å². The highest BCUT2D eigenvalue weighted by Crippen LogP contribution is 2.22. The van der Waals surface area contributed by atoms with Crippen LogP contribution in [0, 0.1) is 12.3 Å². The van der Waals surface area contributed by atoms with E-state index in [0.717, 1.165) is 11.3 Å². The molecule has 0 saturated carbocycles. The number of benzene rings is 1. The summed E-state index contributed by atoms with van der Waals surface area (Å²) in [6, 6.07) is 8.93. The van der Waals surface area contributed by atoms with Gasteiger partial charge in [-0.25, -0.2) is 9.97 Å². The van der Waals surface area contributed by atoms with Crippen LogP contribution in [0.5, 0.6) is 0 Å². The quantitative estimate of drug-likeness (QED) is 0.885. The highest BCUT2D eigenvalue weighted by atomic mass is 16.4. The lowest BCUT2D eigenvalue weighted by atomic mass is 9.89. The summed E-state index contributed by atoms with van der Waals surface area (Å²) < 4.78 is 0. The van der Waals surface area contributed by atoms with E-state index < -0.39 is 11.4 Å². The fraction of sp³-hybridized carbons (Fsp3) is 0.294. The van der Waals surface area contributed by atoms with Gasteiger partial charge >= 0.3 is 5.97 Å². The fourth-order valence-corrected chi connectivity index (χ4v) is 1.97. The third-order valence-corrected chi connectivity index (χ3v) is 3.40. The Morgan fingerprint density at radius 3 is 2.39 bits per heavy atom. The van der Waals surface area contributed by atoms with E-state index in [4.69, 9.17) is 5.11 Å². The molecule has 6 nitrogen and oxygen atoms in total. The molecular formula is C17H19N3O3. The van der Waals surface area contributed by atoms with E-state index in [1.54, 1.807) is 18.3 Å². The number of carbonyl (C=O) groups is 2. The van der Waals surface area contributed by atoms with Crippen LogP contribution < -0.4 is 5.32 Å². The molecule has 0 spiro atoms. The Morgan fingerprint density at radius 2 is 1.83 bits per heavy atom. The number of aryl methyl sites for hydroxylation is 1. The van der Waals surface area contributed by atoms with E-state index in [0.29, 0.717) is 11.5 Å². The van der Waals surface area contributed by atoms with E-state index in [9.17, 15) is 9.59 Å². The molecule has 6 heteroatoms. The second-order valence-corrected chi connectivity index (χ2v) is 6.01. The topological polar surface area (TPSA) is 92.2 Å². The summed E-state index contributed by atoms with van der Waals surface area (Å²) in [4.78, 5) is 31.5. The Balaban J connectivity index is 2.06. The Morgan fingerprint density at radius 1 is 1.17 bits per heavy atom. The zero-order valence-electron chi connectivity index (χ0n) is 13.3.